The minimum atomic E-state index is -2.82. The molecule has 0 saturated carbocycles. The Morgan fingerprint density at radius 3 is 2.00 bits per heavy atom. The molecule has 0 amide bonds. The molecule has 3 atom stereocenters. The van der Waals surface area contributed by atoms with Gasteiger partial charge in [0.1, 0.15) is 6.29 Å². The van der Waals surface area contributed by atoms with E-state index in [4.69, 9.17) is 13.9 Å². The largest absolute Gasteiger partial charge is 0.466 e. The number of methoxy groups -OCH3 is 1. The van der Waals surface area contributed by atoms with Crippen LogP contribution in [-0.4, -0.2) is 45.9 Å². The summed E-state index contributed by atoms with van der Waals surface area (Å²) in [4.78, 5) is 36.7. The predicted octanol–water partition coefficient (Wildman–Crippen LogP) is 4.77. The molecule has 0 fully saturated rings. The molecule has 39 heavy (non-hydrogen) atoms. The van der Waals surface area contributed by atoms with Crippen LogP contribution in [0.5, 0.6) is 0 Å². The van der Waals surface area contributed by atoms with E-state index in [0.29, 0.717) is 12.9 Å². The van der Waals surface area contributed by atoms with Gasteiger partial charge in [-0.25, -0.2) is 4.79 Å². The maximum Gasteiger partial charge on any atom is 0.351 e. The third-order valence-corrected chi connectivity index (χ3v) is 12.8. The summed E-state index contributed by atoms with van der Waals surface area (Å²) in [6, 6.07) is 20.8. The highest BCUT2D eigenvalue weighted by Gasteiger charge is 2.59. The monoisotopic (exact) mass is 548 g/mol. The Hall–Kier alpha value is -3.29. The Morgan fingerprint density at radius 2 is 1.56 bits per heavy atom. The van der Waals surface area contributed by atoms with Crippen molar-refractivity contribution in [2.75, 3.05) is 13.7 Å². The van der Waals surface area contributed by atoms with Crippen LogP contribution < -0.4 is 10.4 Å². The number of hydrogen-bond acceptors (Lipinski definition) is 6. The lowest BCUT2D eigenvalue weighted by Crippen LogP contribution is -2.67. The minimum absolute atomic E-state index is 0.167. The van der Waals surface area contributed by atoms with E-state index < -0.39 is 31.3 Å². The van der Waals surface area contributed by atoms with Crippen LogP contribution in [0, 0.1) is 11.3 Å². The summed E-state index contributed by atoms with van der Waals surface area (Å²) in [5, 5.41) is 2.13. The molecule has 0 heterocycles. The fourth-order valence-corrected chi connectivity index (χ4v) is 10.4. The van der Waals surface area contributed by atoms with Crippen LogP contribution in [0.2, 0.25) is 5.04 Å². The van der Waals surface area contributed by atoms with Crippen molar-refractivity contribution >= 4 is 36.9 Å². The summed E-state index contributed by atoms with van der Waals surface area (Å²) in [7, 11) is -1.55. The summed E-state index contributed by atoms with van der Waals surface area (Å²) in [6.07, 6.45) is 5.68. The van der Waals surface area contributed by atoms with Crippen LogP contribution >= 0.6 is 0 Å². The SMILES string of the molecule is COC(=O)[C@@]1(OC(C)=O)C[C@H](C)C(CO[Si](c2ccccc2)(c2ccccc2)C(C)(C)C)=C[C@]1(C)/C=C/C=O. The molecule has 0 saturated heterocycles. The smallest absolute Gasteiger partial charge is 0.351 e. The predicted molar refractivity (Wildman–Crippen MR) is 155 cm³/mol. The molecule has 0 aliphatic heterocycles. The molecule has 0 bridgehead atoms. The van der Waals surface area contributed by atoms with Gasteiger partial charge >= 0.3 is 11.9 Å². The standard InChI is InChI=1S/C32H40O6Si/c1-24-21-32(29(35)36-7,38-25(2)34)31(6,19-14-20-33)22-26(24)23-37-39(30(3,4)5,27-15-10-8-11-16-27)28-17-12-9-13-18-28/h8-20,22,24H,21,23H2,1-7H3/b19-14+/t24-,31-,32-/m0/s1. The van der Waals surface area contributed by atoms with Gasteiger partial charge in [0.25, 0.3) is 8.32 Å². The number of carbonyl (C=O) groups is 3. The molecule has 3 rings (SSSR count). The first-order valence-corrected chi connectivity index (χ1v) is 15.2. The second-order valence-electron chi connectivity index (χ2n) is 11.5. The van der Waals surface area contributed by atoms with Crippen molar-refractivity contribution in [2.45, 2.75) is 58.6 Å². The first kappa shape index (κ1) is 30.3. The van der Waals surface area contributed by atoms with Gasteiger partial charge in [-0.15, -0.1) is 0 Å². The van der Waals surface area contributed by atoms with Crippen LogP contribution in [0.15, 0.2) is 84.5 Å². The number of aldehydes is 1. The zero-order valence-electron chi connectivity index (χ0n) is 24.0. The molecule has 0 N–H and O–H groups in total. The van der Waals surface area contributed by atoms with Gasteiger partial charge in [0, 0.05) is 13.3 Å². The first-order valence-electron chi connectivity index (χ1n) is 13.2. The zero-order chi connectivity index (χ0) is 28.9. The summed E-state index contributed by atoms with van der Waals surface area (Å²) in [5.41, 5.74) is -1.79. The zero-order valence-corrected chi connectivity index (χ0v) is 25.0. The highest BCUT2D eigenvalue weighted by molar-refractivity contribution is 6.99. The molecule has 6 nitrogen and oxygen atoms in total. The third-order valence-electron chi connectivity index (χ3n) is 7.81. The van der Waals surface area contributed by atoms with Gasteiger partial charge in [0.15, 0.2) is 0 Å². The van der Waals surface area contributed by atoms with Crippen LogP contribution in [0.1, 0.15) is 48.0 Å². The van der Waals surface area contributed by atoms with Crippen molar-refractivity contribution in [1.82, 2.24) is 0 Å². The maximum atomic E-state index is 13.2. The molecule has 7 heteroatoms. The van der Waals surface area contributed by atoms with Crippen LogP contribution in [0.3, 0.4) is 0 Å². The number of hydrogen-bond donors (Lipinski definition) is 0. The van der Waals surface area contributed by atoms with E-state index in [1.54, 1.807) is 13.0 Å². The molecule has 0 spiro atoms. The summed E-state index contributed by atoms with van der Waals surface area (Å²) in [5.74, 6) is -1.43. The van der Waals surface area contributed by atoms with E-state index >= 15 is 0 Å². The molecule has 1 aliphatic rings. The Kier molecular flexibility index (Phi) is 9.18. The van der Waals surface area contributed by atoms with Gasteiger partial charge in [-0.1, -0.05) is 101 Å². The first-order chi connectivity index (χ1) is 18.4. The molecular weight excluding hydrogens is 508 g/mol. The van der Waals surface area contributed by atoms with E-state index in [-0.39, 0.29) is 17.4 Å². The van der Waals surface area contributed by atoms with Crippen molar-refractivity contribution in [1.29, 1.82) is 0 Å². The Balaban J connectivity index is 2.17. The topological polar surface area (TPSA) is 78.9 Å². The van der Waals surface area contributed by atoms with Gasteiger partial charge in [-0.2, -0.15) is 0 Å². The number of carbonyl (C=O) groups excluding carboxylic acids is 3. The van der Waals surface area contributed by atoms with E-state index in [1.165, 1.54) is 30.5 Å². The second kappa shape index (κ2) is 11.8. The molecule has 1 aliphatic carbocycles. The van der Waals surface area contributed by atoms with E-state index in [1.807, 2.05) is 49.4 Å². The molecule has 208 valence electrons. The molecule has 0 aromatic heterocycles. The minimum Gasteiger partial charge on any atom is -0.466 e. The molecule has 0 unspecified atom stereocenters. The lowest BCUT2D eigenvalue weighted by atomic mass is 9.62. The highest BCUT2D eigenvalue weighted by atomic mass is 28.4. The summed E-state index contributed by atoms with van der Waals surface area (Å²) < 4.78 is 18.0. The second-order valence-corrected chi connectivity index (χ2v) is 15.8. The Bertz CT molecular complexity index is 1190. The lowest BCUT2D eigenvalue weighted by Gasteiger charge is -2.48. The number of allylic oxidation sites excluding steroid dienone is 1. The van der Waals surface area contributed by atoms with Crippen molar-refractivity contribution < 1.29 is 28.3 Å². The quantitative estimate of drug-likeness (QED) is 0.148. The number of benzene rings is 2. The van der Waals surface area contributed by atoms with E-state index in [2.05, 4.69) is 45.0 Å². The number of esters is 2. The van der Waals surface area contributed by atoms with Crippen LogP contribution in [0.25, 0.3) is 0 Å². The van der Waals surface area contributed by atoms with Gasteiger partial charge in [0.05, 0.1) is 19.1 Å². The fraction of sp³-hybridized carbons (Fsp3) is 0.406. The van der Waals surface area contributed by atoms with Gasteiger partial charge in [-0.3, -0.25) is 9.59 Å². The van der Waals surface area contributed by atoms with Crippen molar-refractivity contribution in [3.63, 3.8) is 0 Å². The van der Waals surface area contributed by atoms with Crippen molar-refractivity contribution in [3.8, 4) is 0 Å². The number of rotatable bonds is 9. The third kappa shape index (κ3) is 5.70. The lowest BCUT2D eigenvalue weighted by molar-refractivity contribution is -0.193. The number of ether oxygens (including phenoxy) is 2. The average Bonchev–Trinajstić information content (AvgIpc) is 2.90. The normalized spacial score (nSPS) is 23.7. The van der Waals surface area contributed by atoms with Crippen LogP contribution in [0.4, 0.5) is 0 Å². The van der Waals surface area contributed by atoms with Crippen molar-refractivity contribution in [2.24, 2.45) is 11.3 Å². The van der Waals surface area contributed by atoms with Gasteiger partial charge in [0.2, 0.25) is 5.60 Å². The summed E-state index contributed by atoms with van der Waals surface area (Å²) >= 11 is 0. The fourth-order valence-electron chi connectivity index (χ4n) is 5.89. The molecule has 2 aromatic carbocycles. The van der Waals surface area contributed by atoms with Crippen LogP contribution in [-0.2, 0) is 28.3 Å². The maximum absolute atomic E-state index is 13.2. The Morgan fingerprint density at radius 1 is 1.03 bits per heavy atom. The van der Waals surface area contributed by atoms with Crippen molar-refractivity contribution in [3.05, 3.63) is 84.5 Å². The molecule has 2 aromatic rings. The highest BCUT2D eigenvalue weighted by Crippen LogP contribution is 2.49. The summed E-state index contributed by atoms with van der Waals surface area (Å²) in [6.45, 7) is 12.0. The molecular formula is C32H40O6Si. The van der Waals surface area contributed by atoms with E-state index in [9.17, 15) is 14.4 Å². The average molecular weight is 549 g/mol. The van der Waals surface area contributed by atoms with Gasteiger partial charge < -0.3 is 13.9 Å². The van der Waals surface area contributed by atoms with Gasteiger partial charge in [-0.05, 0) is 39.9 Å². The Labute approximate surface area is 233 Å². The van der Waals surface area contributed by atoms with E-state index in [0.717, 1.165) is 5.57 Å². The molecule has 0 radical (unpaired) electrons.